The minimum absolute atomic E-state index is 0.330. The van der Waals surface area contributed by atoms with Gasteiger partial charge in [-0.25, -0.2) is 4.79 Å². The normalized spacial score (nSPS) is 22.9. The summed E-state index contributed by atoms with van der Waals surface area (Å²) in [5, 5.41) is 12.4. The first-order valence-corrected chi connectivity index (χ1v) is 6.20. The third-order valence-corrected chi connectivity index (χ3v) is 3.49. The Balaban J connectivity index is 2.17. The first-order chi connectivity index (χ1) is 7.61. The molecule has 0 aromatic heterocycles. The molecule has 0 aliphatic heterocycles. The maximum atomic E-state index is 11.1. The zero-order valence-corrected chi connectivity index (χ0v) is 10.6. The highest BCUT2D eigenvalue weighted by Crippen LogP contribution is 2.37. The van der Waals surface area contributed by atoms with Crippen LogP contribution in [-0.4, -0.2) is 17.1 Å². The number of hydrogen-bond donors (Lipinski definition) is 2. The second-order valence-corrected chi connectivity index (χ2v) is 5.07. The Morgan fingerprint density at radius 3 is 2.94 bits per heavy atom. The summed E-state index contributed by atoms with van der Waals surface area (Å²) in [6.45, 7) is 2.16. The highest BCUT2D eigenvalue weighted by atomic mass is 79.9. The summed E-state index contributed by atoms with van der Waals surface area (Å²) in [5.74, 6) is -0.192. The Bertz CT molecular complexity index is 419. The van der Waals surface area contributed by atoms with Crippen LogP contribution in [0.15, 0.2) is 22.7 Å². The van der Waals surface area contributed by atoms with Crippen molar-refractivity contribution in [1.82, 2.24) is 0 Å². The fourth-order valence-electron chi connectivity index (χ4n) is 1.89. The maximum absolute atomic E-state index is 11.1. The molecule has 1 aromatic rings. The number of hydrogen-bond acceptors (Lipinski definition) is 2. The van der Waals surface area contributed by atoms with Crippen LogP contribution in [0.25, 0.3) is 0 Å². The van der Waals surface area contributed by atoms with Gasteiger partial charge in [-0.05, 0) is 30.5 Å². The first kappa shape index (κ1) is 11.5. The van der Waals surface area contributed by atoms with Crippen molar-refractivity contribution in [3.8, 4) is 0 Å². The molecule has 1 saturated carbocycles. The fraction of sp³-hybridized carbons (Fsp3) is 0.417. The molecule has 1 fully saturated rings. The van der Waals surface area contributed by atoms with E-state index in [1.807, 2.05) is 12.1 Å². The number of aromatic carboxylic acids is 1. The van der Waals surface area contributed by atoms with Gasteiger partial charge in [0.1, 0.15) is 0 Å². The van der Waals surface area contributed by atoms with Gasteiger partial charge in [-0.15, -0.1) is 0 Å². The number of nitrogens with one attached hydrogen (secondary N) is 1. The quantitative estimate of drug-likeness (QED) is 0.891. The molecular formula is C12H14BrNO2. The van der Waals surface area contributed by atoms with Gasteiger partial charge in [0.25, 0.3) is 0 Å². The van der Waals surface area contributed by atoms with Crippen LogP contribution in [0.2, 0.25) is 0 Å². The van der Waals surface area contributed by atoms with Crippen molar-refractivity contribution in [2.24, 2.45) is 5.92 Å². The van der Waals surface area contributed by atoms with E-state index >= 15 is 0 Å². The summed E-state index contributed by atoms with van der Waals surface area (Å²) in [6, 6.07) is 5.76. The van der Waals surface area contributed by atoms with Gasteiger partial charge < -0.3 is 10.4 Å². The van der Waals surface area contributed by atoms with Crippen molar-refractivity contribution in [2.75, 3.05) is 5.32 Å². The van der Waals surface area contributed by atoms with Gasteiger partial charge in [0, 0.05) is 16.2 Å². The van der Waals surface area contributed by atoms with E-state index in [4.69, 9.17) is 5.11 Å². The van der Waals surface area contributed by atoms with Crippen LogP contribution < -0.4 is 5.32 Å². The molecule has 2 rings (SSSR count). The van der Waals surface area contributed by atoms with E-state index in [9.17, 15) is 4.79 Å². The predicted octanol–water partition coefficient (Wildman–Crippen LogP) is 3.36. The standard InChI is InChI=1S/C12H14BrNO2/c1-2-7-5-11(7)14-10-4-3-8(13)6-9(10)12(15)16/h3-4,6-7,11,14H,2,5H2,1H3,(H,15,16). The SMILES string of the molecule is CCC1CC1Nc1ccc(Br)cc1C(=O)O. The summed E-state index contributed by atoms with van der Waals surface area (Å²) in [4.78, 5) is 11.1. The highest BCUT2D eigenvalue weighted by Gasteiger charge is 2.35. The smallest absolute Gasteiger partial charge is 0.337 e. The van der Waals surface area contributed by atoms with Gasteiger partial charge in [0.15, 0.2) is 0 Å². The molecule has 1 aliphatic rings. The third kappa shape index (κ3) is 2.38. The molecule has 86 valence electrons. The molecule has 2 atom stereocenters. The van der Waals surface area contributed by atoms with Gasteiger partial charge in [0.05, 0.1) is 5.56 Å². The van der Waals surface area contributed by atoms with Gasteiger partial charge in [-0.2, -0.15) is 0 Å². The Labute approximate surface area is 103 Å². The average molecular weight is 284 g/mol. The molecule has 0 spiro atoms. The van der Waals surface area contributed by atoms with E-state index in [2.05, 4.69) is 28.2 Å². The Kier molecular flexibility index (Phi) is 3.19. The summed E-state index contributed by atoms with van der Waals surface area (Å²) < 4.78 is 0.790. The van der Waals surface area contributed by atoms with Crippen LogP contribution in [0.5, 0.6) is 0 Å². The van der Waals surface area contributed by atoms with Crippen molar-refractivity contribution in [3.05, 3.63) is 28.2 Å². The van der Waals surface area contributed by atoms with Crippen molar-refractivity contribution < 1.29 is 9.90 Å². The molecule has 0 bridgehead atoms. The number of carbonyl (C=O) groups is 1. The first-order valence-electron chi connectivity index (χ1n) is 5.41. The molecule has 0 amide bonds. The molecule has 4 heteroatoms. The summed E-state index contributed by atoms with van der Waals surface area (Å²) >= 11 is 3.28. The van der Waals surface area contributed by atoms with Crippen molar-refractivity contribution in [2.45, 2.75) is 25.8 Å². The minimum atomic E-state index is -0.891. The van der Waals surface area contributed by atoms with Gasteiger partial charge in [-0.1, -0.05) is 29.3 Å². The van der Waals surface area contributed by atoms with Gasteiger partial charge >= 0.3 is 5.97 Å². The van der Waals surface area contributed by atoms with Gasteiger partial charge in [0.2, 0.25) is 0 Å². The Hall–Kier alpha value is -1.03. The number of benzene rings is 1. The van der Waals surface area contributed by atoms with Crippen molar-refractivity contribution >= 4 is 27.6 Å². The number of carboxylic acid groups (broad SMARTS) is 1. The summed E-state index contributed by atoms with van der Waals surface area (Å²) in [6.07, 6.45) is 2.29. The molecule has 0 heterocycles. The van der Waals surface area contributed by atoms with Crippen LogP contribution in [-0.2, 0) is 0 Å². The van der Waals surface area contributed by atoms with Crippen LogP contribution in [0.3, 0.4) is 0 Å². The van der Waals surface area contributed by atoms with E-state index < -0.39 is 5.97 Å². The topological polar surface area (TPSA) is 49.3 Å². The minimum Gasteiger partial charge on any atom is -0.478 e. The average Bonchev–Trinajstić information content (AvgIpc) is 2.99. The molecule has 16 heavy (non-hydrogen) atoms. The van der Waals surface area contributed by atoms with Crippen LogP contribution >= 0.6 is 15.9 Å². The van der Waals surface area contributed by atoms with Crippen LogP contribution in [0, 0.1) is 5.92 Å². The molecule has 3 nitrogen and oxygen atoms in total. The second kappa shape index (κ2) is 4.45. The molecule has 2 N–H and O–H groups in total. The fourth-order valence-corrected chi connectivity index (χ4v) is 2.26. The van der Waals surface area contributed by atoms with E-state index in [1.165, 1.54) is 0 Å². The molecule has 2 unspecified atom stereocenters. The number of anilines is 1. The maximum Gasteiger partial charge on any atom is 0.337 e. The van der Waals surface area contributed by atoms with Gasteiger partial charge in [-0.3, -0.25) is 0 Å². The molecular weight excluding hydrogens is 270 g/mol. The van der Waals surface area contributed by atoms with E-state index in [-0.39, 0.29) is 0 Å². The zero-order valence-electron chi connectivity index (χ0n) is 9.03. The van der Waals surface area contributed by atoms with E-state index in [0.717, 1.165) is 23.0 Å². The lowest BCUT2D eigenvalue weighted by Crippen LogP contribution is -2.09. The van der Waals surface area contributed by atoms with Crippen LogP contribution in [0.4, 0.5) is 5.69 Å². The summed E-state index contributed by atoms with van der Waals surface area (Å²) in [5.41, 5.74) is 1.05. The number of rotatable bonds is 4. The van der Waals surface area contributed by atoms with E-state index in [0.29, 0.717) is 17.5 Å². The lowest BCUT2D eigenvalue weighted by Gasteiger charge is -2.09. The Morgan fingerprint density at radius 2 is 2.38 bits per heavy atom. The van der Waals surface area contributed by atoms with Crippen LogP contribution in [0.1, 0.15) is 30.1 Å². The van der Waals surface area contributed by atoms with Crippen molar-refractivity contribution in [3.63, 3.8) is 0 Å². The lowest BCUT2D eigenvalue weighted by molar-refractivity contribution is 0.0698. The third-order valence-electron chi connectivity index (χ3n) is 3.00. The number of halogens is 1. The lowest BCUT2D eigenvalue weighted by atomic mass is 10.1. The monoisotopic (exact) mass is 283 g/mol. The predicted molar refractivity (Wildman–Crippen MR) is 66.9 cm³/mol. The molecule has 0 radical (unpaired) electrons. The van der Waals surface area contributed by atoms with E-state index in [1.54, 1.807) is 6.07 Å². The largest absolute Gasteiger partial charge is 0.478 e. The zero-order chi connectivity index (χ0) is 11.7. The summed E-state index contributed by atoms with van der Waals surface area (Å²) in [7, 11) is 0. The van der Waals surface area contributed by atoms with Crippen molar-refractivity contribution in [1.29, 1.82) is 0 Å². The molecule has 0 saturated heterocycles. The Morgan fingerprint density at radius 1 is 1.62 bits per heavy atom. The number of carboxylic acids is 1. The highest BCUT2D eigenvalue weighted by molar-refractivity contribution is 9.10. The molecule has 1 aliphatic carbocycles. The second-order valence-electron chi connectivity index (χ2n) is 4.15. The molecule has 1 aromatic carbocycles.